The van der Waals surface area contributed by atoms with E-state index in [1.807, 2.05) is 4.90 Å². The highest BCUT2D eigenvalue weighted by molar-refractivity contribution is 5.87. The van der Waals surface area contributed by atoms with Crippen LogP contribution in [0.15, 0.2) is 43.0 Å². The summed E-state index contributed by atoms with van der Waals surface area (Å²) < 4.78 is 0. The van der Waals surface area contributed by atoms with Crippen molar-refractivity contribution in [1.82, 2.24) is 9.80 Å². The average Bonchev–Trinajstić information content (AvgIpc) is 2.52. The predicted octanol–water partition coefficient (Wildman–Crippen LogP) is 3.46. The molecule has 2 rings (SSSR count). The third-order valence-electron chi connectivity index (χ3n) is 4.38. The fourth-order valence-electron chi connectivity index (χ4n) is 3.23. The molecule has 1 aliphatic rings. The van der Waals surface area contributed by atoms with Crippen LogP contribution in [0.3, 0.4) is 0 Å². The Morgan fingerprint density at radius 2 is 2.05 bits per heavy atom. The highest BCUT2D eigenvalue weighted by Gasteiger charge is 2.33. The molecule has 0 unspecified atom stereocenters. The van der Waals surface area contributed by atoms with Gasteiger partial charge >= 0.3 is 0 Å². The van der Waals surface area contributed by atoms with Gasteiger partial charge in [-0.05, 0) is 45.3 Å². The molecule has 1 amide bonds. The van der Waals surface area contributed by atoms with Gasteiger partial charge in [-0.2, -0.15) is 0 Å². The first kappa shape index (κ1) is 16.8. The van der Waals surface area contributed by atoms with Gasteiger partial charge in [-0.15, -0.1) is 0 Å². The van der Waals surface area contributed by atoms with Gasteiger partial charge in [0.05, 0.1) is 0 Å². The molecule has 0 aromatic heterocycles. The van der Waals surface area contributed by atoms with E-state index in [2.05, 4.69) is 62.6 Å². The average molecular weight is 300 g/mol. The molecule has 22 heavy (non-hydrogen) atoms. The van der Waals surface area contributed by atoms with Gasteiger partial charge in [-0.25, -0.2) is 0 Å². The number of piperidine rings is 1. The summed E-state index contributed by atoms with van der Waals surface area (Å²) in [5.41, 5.74) is 1.39. The molecule has 1 aromatic carbocycles. The molecule has 1 atom stereocenters. The summed E-state index contributed by atoms with van der Waals surface area (Å²) in [4.78, 5) is 16.4. The number of amides is 1. The lowest BCUT2D eigenvalue weighted by Gasteiger charge is -2.45. The maximum absolute atomic E-state index is 11.9. The maximum atomic E-state index is 11.9. The van der Waals surface area contributed by atoms with Crippen molar-refractivity contribution in [2.45, 2.75) is 51.7 Å². The quantitative estimate of drug-likeness (QED) is 0.795. The first-order valence-corrected chi connectivity index (χ1v) is 8.14. The molecule has 1 fully saturated rings. The van der Waals surface area contributed by atoms with Gasteiger partial charge in [0.25, 0.3) is 0 Å². The third kappa shape index (κ3) is 4.20. The Bertz CT molecular complexity index is 504. The van der Waals surface area contributed by atoms with Crippen molar-refractivity contribution in [1.29, 1.82) is 0 Å². The van der Waals surface area contributed by atoms with Crippen LogP contribution in [0.4, 0.5) is 0 Å². The zero-order valence-corrected chi connectivity index (χ0v) is 14.1. The summed E-state index contributed by atoms with van der Waals surface area (Å²) in [6.45, 7) is 13.0. The first-order valence-electron chi connectivity index (χ1n) is 8.14. The molecule has 3 nitrogen and oxygen atoms in total. The number of benzene rings is 1. The van der Waals surface area contributed by atoms with Gasteiger partial charge in [-0.1, -0.05) is 36.9 Å². The molecule has 1 heterocycles. The summed E-state index contributed by atoms with van der Waals surface area (Å²) in [5, 5.41) is 0. The Hall–Kier alpha value is -1.61. The second kappa shape index (κ2) is 7.10. The van der Waals surface area contributed by atoms with Crippen LogP contribution in [0.1, 0.15) is 39.2 Å². The standard InChI is InChI=1S/C19H28N2O/c1-5-18(22)20-13-9-12-17(15-20)21(19(2,3)4)14-16-10-7-6-8-11-16/h5-8,10-11,17H,1,9,12-15H2,2-4H3/t17-/m1/s1. The molecule has 0 N–H and O–H groups in total. The van der Waals surface area contributed by atoms with Crippen molar-refractivity contribution in [2.75, 3.05) is 13.1 Å². The Kier molecular flexibility index (Phi) is 5.41. The van der Waals surface area contributed by atoms with Crippen LogP contribution in [0.5, 0.6) is 0 Å². The lowest BCUT2D eigenvalue weighted by molar-refractivity contribution is -0.128. The minimum atomic E-state index is 0.0540. The van der Waals surface area contributed by atoms with E-state index < -0.39 is 0 Å². The number of hydrogen-bond acceptors (Lipinski definition) is 2. The number of rotatable bonds is 4. The molecule has 0 spiro atoms. The van der Waals surface area contributed by atoms with Crippen LogP contribution in [-0.2, 0) is 11.3 Å². The van der Waals surface area contributed by atoms with E-state index in [1.54, 1.807) is 0 Å². The molecule has 1 aromatic rings. The fourth-order valence-corrected chi connectivity index (χ4v) is 3.23. The zero-order chi connectivity index (χ0) is 16.2. The fraction of sp³-hybridized carbons (Fsp3) is 0.526. The molecular formula is C19H28N2O. The topological polar surface area (TPSA) is 23.6 Å². The van der Waals surface area contributed by atoms with Crippen molar-refractivity contribution in [3.05, 3.63) is 48.6 Å². The summed E-state index contributed by atoms with van der Waals surface area (Å²) in [6, 6.07) is 11.0. The Morgan fingerprint density at radius 3 is 2.64 bits per heavy atom. The highest BCUT2D eigenvalue weighted by atomic mass is 16.2. The maximum Gasteiger partial charge on any atom is 0.246 e. The second-order valence-electron chi connectivity index (χ2n) is 7.07. The van der Waals surface area contributed by atoms with Crippen molar-refractivity contribution in [2.24, 2.45) is 0 Å². The summed E-state index contributed by atoms with van der Waals surface area (Å²) in [6.07, 6.45) is 3.64. The zero-order valence-electron chi connectivity index (χ0n) is 14.1. The molecule has 0 bridgehead atoms. The van der Waals surface area contributed by atoms with E-state index in [-0.39, 0.29) is 11.4 Å². The SMILES string of the molecule is C=CC(=O)N1CCC[C@@H](N(Cc2ccccc2)C(C)(C)C)C1. The lowest BCUT2D eigenvalue weighted by Crippen LogP contribution is -2.55. The van der Waals surface area contributed by atoms with Crippen LogP contribution in [0.25, 0.3) is 0 Å². The molecule has 1 aliphatic heterocycles. The van der Waals surface area contributed by atoms with E-state index in [9.17, 15) is 4.79 Å². The largest absolute Gasteiger partial charge is 0.338 e. The van der Waals surface area contributed by atoms with E-state index in [0.29, 0.717) is 6.04 Å². The van der Waals surface area contributed by atoms with Crippen molar-refractivity contribution in [3.63, 3.8) is 0 Å². The summed E-state index contributed by atoms with van der Waals surface area (Å²) in [7, 11) is 0. The van der Waals surface area contributed by atoms with Crippen molar-refractivity contribution < 1.29 is 4.79 Å². The monoisotopic (exact) mass is 300 g/mol. The van der Waals surface area contributed by atoms with E-state index >= 15 is 0 Å². The van der Waals surface area contributed by atoms with Gasteiger partial charge in [0.2, 0.25) is 5.91 Å². The van der Waals surface area contributed by atoms with Gasteiger partial charge in [0.15, 0.2) is 0 Å². The second-order valence-corrected chi connectivity index (χ2v) is 7.07. The molecule has 0 radical (unpaired) electrons. The van der Waals surface area contributed by atoms with E-state index in [1.165, 1.54) is 11.6 Å². The highest BCUT2D eigenvalue weighted by Crippen LogP contribution is 2.26. The Labute approximate surface area is 134 Å². The molecule has 3 heteroatoms. The molecule has 1 saturated heterocycles. The van der Waals surface area contributed by atoms with Crippen molar-refractivity contribution in [3.8, 4) is 0 Å². The minimum absolute atomic E-state index is 0.0540. The Morgan fingerprint density at radius 1 is 1.36 bits per heavy atom. The van der Waals surface area contributed by atoms with Gasteiger partial charge in [-0.3, -0.25) is 9.69 Å². The summed E-state index contributed by atoms with van der Waals surface area (Å²) in [5.74, 6) is 0.0540. The molecular weight excluding hydrogens is 272 g/mol. The van der Waals surface area contributed by atoms with Gasteiger partial charge in [0, 0.05) is 31.2 Å². The van der Waals surface area contributed by atoms with Crippen molar-refractivity contribution >= 4 is 5.91 Å². The Balaban J connectivity index is 2.15. The van der Waals surface area contributed by atoms with E-state index in [0.717, 1.165) is 32.5 Å². The normalized spacial score (nSPS) is 19.3. The summed E-state index contributed by atoms with van der Waals surface area (Å²) >= 11 is 0. The first-order chi connectivity index (χ1) is 10.4. The smallest absolute Gasteiger partial charge is 0.246 e. The van der Waals surface area contributed by atoms with Crippen LogP contribution < -0.4 is 0 Å². The predicted molar refractivity (Wildman–Crippen MR) is 91.5 cm³/mol. The van der Waals surface area contributed by atoms with Crippen LogP contribution in [-0.4, -0.2) is 40.4 Å². The number of hydrogen-bond donors (Lipinski definition) is 0. The van der Waals surface area contributed by atoms with Crippen LogP contribution in [0.2, 0.25) is 0 Å². The molecule has 0 aliphatic carbocycles. The van der Waals surface area contributed by atoms with Gasteiger partial charge in [0.1, 0.15) is 0 Å². The number of likely N-dealkylation sites (tertiary alicyclic amines) is 1. The lowest BCUT2D eigenvalue weighted by atomic mass is 9.96. The minimum Gasteiger partial charge on any atom is -0.338 e. The molecule has 120 valence electrons. The number of carbonyl (C=O) groups is 1. The third-order valence-corrected chi connectivity index (χ3v) is 4.38. The number of nitrogens with zero attached hydrogens (tertiary/aromatic N) is 2. The molecule has 0 saturated carbocycles. The van der Waals surface area contributed by atoms with Crippen LogP contribution >= 0.6 is 0 Å². The van der Waals surface area contributed by atoms with Crippen LogP contribution in [0, 0.1) is 0 Å². The van der Waals surface area contributed by atoms with Gasteiger partial charge < -0.3 is 4.90 Å². The van der Waals surface area contributed by atoms with E-state index in [4.69, 9.17) is 0 Å². The number of carbonyl (C=O) groups excluding carboxylic acids is 1.